The zero-order valence-corrected chi connectivity index (χ0v) is 7.96. The van der Waals surface area contributed by atoms with E-state index in [-0.39, 0.29) is 18.9 Å². The second kappa shape index (κ2) is 5.02. The van der Waals surface area contributed by atoms with E-state index < -0.39 is 11.9 Å². The van der Waals surface area contributed by atoms with E-state index in [1.165, 1.54) is 5.54 Å². The minimum absolute atomic E-state index is 0.110. The lowest BCUT2D eigenvalue weighted by Crippen LogP contribution is -2.37. The summed E-state index contributed by atoms with van der Waals surface area (Å²) in [6, 6.07) is -1.01. The average molecular weight is 204 g/mol. The number of ether oxygens (including phenoxy) is 1. The van der Waals surface area contributed by atoms with Crippen LogP contribution in [0.3, 0.4) is 0 Å². The molecule has 0 radical (unpaired) electrons. The van der Waals surface area contributed by atoms with Gasteiger partial charge in [-0.15, -0.1) is 10.0 Å². The van der Waals surface area contributed by atoms with Crippen LogP contribution in [0.1, 0.15) is 13.3 Å². The Morgan fingerprint density at radius 3 is 2.86 bits per heavy atom. The van der Waals surface area contributed by atoms with E-state index in [1.807, 2.05) is 6.92 Å². The normalized spacial score (nSPS) is 22.1. The molecule has 0 aliphatic carbocycles. The number of imide groups is 1. The Morgan fingerprint density at radius 1 is 1.64 bits per heavy atom. The van der Waals surface area contributed by atoms with Crippen LogP contribution in [0.15, 0.2) is 0 Å². The van der Waals surface area contributed by atoms with Gasteiger partial charge in [-0.05, 0) is 6.92 Å². The summed E-state index contributed by atoms with van der Waals surface area (Å²) >= 11 is 0. The first-order valence-electron chi connectivity index (χ1n) is 4.48. The molecule has 1 saturated heterocycles. The number of nitrogens with one attached hydrogen (secondary N) is 1. The second-order valence-corrected chi connectivity index (χ2v) is 2.95. The van der Waals surface area contributed by atoms with E-state index in [4.69, 9.17) is 4.74 Å². The number of nitrogens with zero attached hydrogens (tertiary/aromatic N) is 1. The molecule has 6 heteroatoms. The number of hydrogen-bond donors (Lipinski definition) is 1. The van der Waals surface area contributed by atoms with Crippen molar-refractivity contribution in [3.05, 3.63) is 0 Å². The van der Waals surface area contributed by atoms with Crippen molar-refractivity contribution in [2.45, 2.75) is 19.4 Å². The molecule has 1 rings (SSSR count). The van der Waals surface area contributed by atoms with Crippen molar-refractivity contribution in [2.24, 2.45) is 0 Å². The lowest BCUT2D eigenvalue weighted by Gasteiger charge is -2.13. The van der Waals surface area contributed by atoms with E-state index in [2.05, 4.69) is 0 Å². The molecule has 0 bridgehead atoms. The van der Waals surface area contributed by atoms with Gasteiger partial charge in [0.25, 0.3) is 0 Å². The molecule has 80 valence electrons. The summed E-state index contributed by atoms with van der Waals surface area (Å²) in [6.45, 7) is 2.84. The summed E-state index contributed by atoms with van der Waals surface area (Å²) in [5, 5.41) is 0. The second-order valence-electron chi connectivity index (χ2n) is 2.95. The minimum atomic E-state index is -1.01. The summed E-state index contributed by atoms with van der Waals surface area (Å²) in [5.41, 5.74) is 1.31. The van der Waals surface area contributed by atoms with Crippen molar-refractivity contribution >= 4 is 11.8 Å². The molecule has 1 N–H and O–H groups in total. The van der Waals surface area contributed by atoms with Crippen molar-refractivity contribution in [2.75, 3.05) is 19.8 Å². The van der Waals surface area contributed by atoms with Crippen LogP contribution in [0.2, 0.25) is 0 Å². The smallest absolute Gasteiger partial charge is 0.249 e. The molecule has 0 spiro atoms. The summed E-state index contributed by atoms with van der Waals surface area (Å²) < 4.78 is 17.0. The first kappa shape index (κ1) is 11.1. The number of halogens is 1. The van der Waals surface area contributed by atoms with Gasteiger partial charge in [0.15, 0.2) is 0 Å². The van der Waals surface area contributed by atoms with Gasteiger partial charge in [0, 0.05) is 6.61 Å². The standard InChI is InChI=1S/C8H13FN2O3/c1-2-14-4-3-11-7(12)5-6(10-9)8(11)13/h6,10H,2-5H2,1H3. The van der Waals surface area contributed by atoms with E-state index in [0.29, 0.717) is 13.2 Å². The predicted molar refractivity (Wildman–Crippen MR) is 45.9 cm³/mol. The number of amides is 2. The molecular formula is C8H13FN2O3. The third-order valence-corrected chi connectivity index (χ3v) is 2.04. The highest BCUT2D eigenvalue weighted by Crippen LogP contribution is 2.12. The molecule has 0 aromatic rings. The van der Waals surface area contributed by atoms with Crippen LogP contribution in [-0.4, -0.2) is 42.5 Å². The van der Waals surface area contributed by atoms with Crippen molar-refractivity contribution in [1.29, 1.82) is 0 Å². The fourth-order valence-electron chi connectivity index (χ4n) is 1.30. The lowest BCUT2D eigenvalue weighted by atomic mass is 10.3. The van der Waals surface area contributed by atoms with Gasteiger partial charge in [0.05, 0.1) is 19.6 Å². The molecule has 0 aromatic carbocycles. The van der Waals surface area contributed by atoms with Gasteiger partial charge in [-0.2, -0.15) is 0 Å². The number of carbonyl (C=O) groups excluding carboxylic acids is 2. The summed E-state index contributed by atoms with van der Waals surface area (Å²) in [7, 11) is 0. The molecule has 0 saturated carbocycles. The highest BCUT2D eigenvalue weighted by molar-refractivity contribution is 6.05. The van der Waals surface area contributed by atoms with Crippen molar-refractivity contribution in [3.8, 4) is 0 Å². The molecule has 0 aromatic heterocycles. The number of hydrogen-bond acceptors (Lipinski definition) is 4. The average Bonchev–Trinajstić information content (AvgIpc) is 2.45. The van der Waals surface area contributed by atoms with Crippen LogP contribution < -0.4 is 5.54 Å². The SMILES string of the molecule is CCOCCN1C(=O)CC(NF)C1=O. The fraction of sp³-hybridized carbons (Fsp3) is 0.750. The zero-order valence-electron chi connectivity index (χ0n) is 7.96. The molecular weight excluding hydrogens is 191 g/mol. The van der Waals surface area contributed by atoms with Crippen LogP contribution >= 0.6 is 0 Å². The van der Waals surface area contributed by atoms with Gasteiger partial charge in [-0.1, -0.05) is 0 Å². The molecule has 1 heterocycles. The maximum absolute atomic E-state index is 12.0. The first-order chi connectivity index (χ1) is 6.70. The predicted octanol–water partition coefficient (Wildman–Crippen LogP) is -0.375. The Hall–Kier alpha value is -1.01. The topological polar surface area (TPSA) is 58.6 Å². The summed E-state index contributed by atoms with van der Waals surface area (Å²) in [5.74, 6) is -0.873. The molecule has 1 unspecified atom stereocenters. The maximum Gasteiger partial charge on any atom is 0.249 e. The Balaban J connectivity index is 2.44. The van der Waals surface area contributed by atoms with E-state index in [0.717, 1.165) is 4.90 Å². The monoisotopic (exact) mass is 204 g/mol. The molecule has 1 atom stereocenters. The summed E-state index contributed by atoms with van der Waals surface area (Å²) in [4.78, 5) is 23.5. The fourth-order valence-corrected chi connectivity index (χ4v) is 1.30. The molecule has 2 amide bonds. The van der Waals surface area contributed by atoms with Gasteiger partial charge < -0.3 is 4.74 Å². The van der Waals surface area contributed by atoms with Gasteiger partial charge in [0.2, 0.25) is 11.8 Å². The highest BCUT2D eigenvalue weighted by atomic mass is 19.2. The van der Waals surface area contributed by atoms with Crippen LogP contribution in [-0.2, 0) is 14.3 Å². The Labute approximate surface area is 81.1 Å². The van der Waals surface area contributed by atoms with E-state index >= 15 is 0 Å². The van der Waals surface area contributed by atoms with Crippen LogP contribution in [0, 0.1) is 0 Å². The largest absolute Gasteiger partial charge is 0.380 e. The molecule has 5 nitrogen and oxygen atoms in total. The minimum Gasteiger partial charge on any atom is -0.380 e. The maximum atomic E-state index is 12.0. The van der Waals surface area contributed by atoms with Crippen molar-refractivity contribution in [1.82, 2.24) is 10.4 Å². The van der Waals surface area contributed by atoms with Gasteiger partial charge in [-0.3, -0.25) is 14.5 Å². The molecule has 1 fully saturated rings. The van der Waals surface area contributed by atoms with E-state index in [1.54, 1.807) is 0 Å². The highest BCUT2D eigenvalue weighted by Gasteiger charge is 2.38. The quantitative estimate of drug-likeness (QED) is 0.377. The third-order valence-electron chi connectivity index (χ3n) is 2.04. The Morgan fingerprint density at radius 2 is 2.36 bits per heavy atom. The van der Waals surface area contributed by atoms with Crippen LogP contribution in [0.4, 0.5) is 4.48 Å². The molecule has 1 aliphatic heterocycles. The van der Waals surface area contributed by atoms with Crippen molar-refractivity contribution < 1.29 is 18.8 Å². The van der Waals surface area contributed by atoms with Crippen LogP contribution in [0.5, 0.6) is 0 Å². The third kappa shape index (κ3) is 2.27. The molecule has 14 heavy (non-hydrogen) atoms. The summed E-state index contributed by atoms with van der Waals surface area (Å²) in [6.07, 6.45) is -0.110. The lowest BCUT2D eigenvalue weighted by molar-refractivity contribution is -0.139. The number of carbonyl (C=O) groups is 2. The van der Waals surface area contributed by atoms with Crippen molar-refractivity contribution in [3.63, 3.8) is 0 Å². The van der Waals surface area contributed by atoms with E-state index in [9.17, 15) is 14.1 Å². The number of likely N-dealkylation sites (tertiary alicyclic amines) is 1. The van der Waals surface area contributed by atoms with Crippen LogP contribution in [0.25, 0.3) is 0 Å². The van der Waals surface area contributed by atoms with Gasteiger partial charge in [-0.25, -0.2) is 0 Å². The van der Waals surface area contributed by atoms with Gasteiger partial charge in [0.1, 0.15) is 6.04 Å². The Kier molecular flexibility index (Phi) is 3.97. The molecule has 1 aliphatic rings. The number of rotatable bonds is 5. The Bertz CT molecular complexity index is 235. The zero-order chi connectivity index (χ0) is 10.6. The van der Waals surface area contributed by atoms with Gasteiger partial charge >= 0.3 is 0 Å². The first-order valence-corrected chi connectivity index (χ1v) is 4.48.